The molecule has 3 aliphatic carbocycles. The minimum atomic E-state index is -0.222. The molecule has 4 nitrogen and oxygen atoms in total. The van der Waals surface area contributed by atoms with Crippen molar-refractivity contribution in [3.05, 3.63) is 11.1 Å². The van der Waals surface area contributed by atoms with Crippen molar-refractivity contribution >= 4 is 11.9 Å². The zero-order valence-corrected chi connectivity index (χ0v) is 14.1. The van der Waals surface area contributed by atoms with Crippen molar-refractivity contribution in [2.45, 2.75) is 66.1 Å². The summed E-state index contributed by atoms with van der Waals surface area (Å²) in [5, 5.41) is 0. The number of hydrogen-bond donors (Lipinski definition) is 0. The number of allylic oxidation sites excluding steroid dienone is 1. The predicted molar refractivity (Wildman–Crippen MR) is 81.9 cm³/mol. The number of ether oxygens (including phenoxy) is 2. The SMILES string of the molecule is CC(=O)O[C@@H]1C[C@@H]2[C@H](OC(C)=O)C3=C(C[C@@H]3C)[C@H](C1)C2(C)C. The summed E-state index contributed by atoms with van der Waals surface area (Å²) in [6.07, 6.45) is 2.58. The molecule has 122 valence electrons. The third-order valence-corrected chi connectivity index (χ3v) is 6.02. The van der Waals surface area contributed by atoms with Gasteiger partial charge in [-0.05, 0) is 42.1 Å². The highest BCUT2D eigenvalue weighted by molar-refractivity contribution is 5.67. The van der Waals surface area contributed by atoms with E-state index in [1.807, 2.05) is 0 Å². The van der Waals surface area contributed by atoms with Crippen LogP contribution in [0.15, 0.2) is 11.1 Å². The van der Waals surface area contributed by atoms with Crippen LogP contribution in [0.3, 0.4) is 0 Å². The van der Waals surface area contributed by atoms with Gasteiger partial charge in [0.1, 0.15) is 12.2 Å². The molecule has 0 amide bonds. The zero-order chi connectivity index (χ0) is 16.2. The van der Waals surface area contributed by atoms with Gasteiger partial charge in [0.05, 0.1) is 0 Å². The second kappa shape index (κ2) is 5.10. The maximum atomic E-state index is 11.6. The van der Waals surface area contributed by atoms with E-state index >= 15 is 0 Å². The highest BCUT2D eigenvalue weighted by atomic mass is 16.5. The Morgan fingerprint density at radius 1 is 1.09 bits per heavy atom. The van der Waals surface area contributed by atoms with E-state index in [-0.39, 0.29) is 35.5 Å². The molecule has 0 radical (unpaired) electrons. The number of hydrogen-bond acceptors (Lipinski definition) is 4. The Kier molecular flexibility index (Phi) is 3.61. The molecule has 5 atom stereocenters. The molecule has 1 fully saturated rings. The minimum Gasteiger partial charge on any atom is -0.463 e. The monoisotopic (exact) mass is 306 g/mol. The van der Waals surface area contributed by atoms with Gasteiger partial charge >= 0.3 is 11.9 Å². The molecule has 3 rings (SSSR count). The second-order valence-electron chi connectivity index (χ2n) is 7.80. The molecule has 0 aromatic heterocycles. The van der Waals surface area contributed by atoms with Gasteiger partial charge in [0.25, 0.3) is 0 Å². The van der Waals surface area contributed by atoms with Crippen LogP contribution in [0.5, 0.6) is 0 Å². The number of esters is 2. The van der Waals surface area contributed by atoms with Crippen LogP contribution in [0.25, 0.3) is 0 Å². The molecular formula is C18H26O4. The zero-order valence-electron chi connectivity index (χ0n) is 14.1. The third kappa shape index (κ3) is 2.27. The van der Waals surface area contributed by atoms with Crippen LogP contribution in [0, 0.1) is 23.2 Å². The van der Waals surface area contributed by atoms with Crippen LogP contribution in [0.4, 0.5) is 0 Å². The van der Waals surface area contributed by atoms with E-state index in [9.17, 15) is 9.59 Å². The largest absolute Gasteiger partial charge is 0.463 e. The fourth-order valence-corrected chi connectivity index (χ4v) is 5.04. The molecule has 22 heavy (non-hydrogen) atoms. The number of carbonyl (C=O) groups is 2. The Hall–Kier alpha value is -1.32. The van der Waals surface area contributed by atoms with Crippen molar-refractivity contribution in [1.29, 1.82) is 0 Å². The first-order valence-corrected chi connectivity index (χ1v) is 8.29. The lowest BCUT2D eigenvalue weighted by atomic mass is 9.48. The minimum absolute atomic E-state index is 0.0523. The third-order valence-electron chi connectivity index (χ3n) is 6.02. The van der Waals surface area contributed by atoms with Gasteiger partial charge in [0.2, 0.25) is 0 Å². The second-order valence-corrected chi connectivity index (χ2v) is 7.80. The summed E-state index contributed by atoms with van der Waals surface area (Å²) >= 11 is 0. The summed E-state index contributed by atoms with van der Waals surface area (Å²) < 4.78 is 11.2. The quantitative estimate of drug-likeness (QED) is 0.580. The summed E-state index contributed by atoms with van der Waals surface area (Å²) in [7, 11) is 0. The summed E-state index contributed by atoms with van der Waals surface area (Å²) in [6, 6.07) is 0. The Balaban J connectivity index is 1.97. The standard InChI is InChI=1S/C18H26O4/c1-9-6-13-14-7-12(21-10(2)19)8-15(18(14,4)5)17(16(9)13)22-11(3)20/h9,12,14-15,17H,6-8H2,1-5H3/t9-,12-,14-,15+,17-/m0/s1. The molecule has 0 aromatic rings. The van der Waals surface area contributed by atoms with Crippen LogP contribution in [-0.2, 0) is 19.1 Å². The molecule has 2 bridgehead atoms. The van der Waals surface area contributed by atoms with Gasteiger partial charge in [0.15, 0.2) is 0 Å². The highest BCUT2D eigenvalue weighted by Gasteiger charge is 2.58. The first-order valence-electron chi connectivity index (χ1n) is 8.29. The molecule has 0 unspecified atom stereocenters. The normalized spacial score (nSPS) is 38.7. The number of carbonyl (C=O) groups excluding carboxylic acids is 2. The number of fused-ring (bicyclic) bond motifs is 3. The molecular weight excluding hydrogens is 280 g/mol. The smallest absolute Gasteiger partial charge is 0.303 e. The van der Waals surface area contributed by atoms with Crippen molar-refractivity contribution in [3.63, 3.8) is 0 Å². The van der Waals surface area contributed by atoms with Crippen LogP contribution in [0.1, 0.15) is 53.9 Å². The van der Waals surface area contributed by atoms with E-state index in [1.54, 1.807) is 0 Å². The van der Waals surface area contributed by atoms with Gasteiger partial charge < -0.3 is 9.47 Å². The molecule has 3 aliphatic rings. The average molecular weight is 306 g/mol. The van der Waals surface area contributed by atoms with E-state index in [4.69, 9.17) is 9.47 Å². The summed E-state index contributed by atoms with van der Waals surface area (Å²) in [6.45, 7) is 9.71. The van der Waals surface area contributed by atoms with E-state index in [0.29, 0.717) is 11.8 Å². The van der Waals surface area contributed by atoms with Gasteiger partial charge in [-0.3, -0.25) is 9.59 Å². The van der Waals surface area contributed by atoms with E-state index in [0.717, 1.165) is 19.3 Å². The van der Waals surface area contributed by atoms with Crippen LogP contribution in [0.2, 0.25) is 0 Å². The van der Waals surface area contributed by atoms with Crippen molar-refractivity contribution in [2.24, 2.45) is 23.2 Å². The lowest BCUT2D eigenvalue weighted by Gasteiger charge is -2.59. The highest BCUT2D eigenvalue weighted by Crippen LogP contribution is 2.62. The molecule has 0 saturated heterocycles. The maximum absolute atomic E-state index is 11.6. The van der Waals surface area contributed by atoms with Crippen molar-refractivity contribution in [3.8, 4) is 0 Å². The fourth-order valence-electron chi connectivity index (χ4n) is 5.04. The maximum Gasteiger partial charge on any atom is 0.303 e. The van der Waals surface area contributed by atoms with Crippen molar-refractivity contribution < 1.29 is 19.1 Å². The molecule has 0 aromatic carbocycles. The lowest BCUT2D eigenvalue weighted by molar-refractivity contribution is -0.167. The van der Waals surface area contributed by atoms with Crippen LogP contribution < -0.4 is 0 Å². The van der Waals surface area contributed by atoms with Gasteiger partial charge in [-0.15, -0.1) is 0 Å². The average Bonchev–Trinajstić information content (AvgIpc) is 2.34. The van der Waals surface area contributed by atoms with Gasteiger partial charge in [-0.1, -0.05) is 26.3 Å². The van der Waals surface area contributed by atoms with Gasteiger partial charge in [-0.2, -0.15) is 0 Å². The van der Waals surface area contributed by atoms with E-state index < -0.39 is 0 Å². The summed E-state index contributed by atoms with van der Waals surface area (Å²) in [5.74, 6) is 0.725. The fraction of sp³-hybridized carbons (Fsp3) is 0.778. The molecule has 0 heterocycles. The molecule has 1 saturated carbocycles. The van der Waals surface area contributed by atoms with Crippen molar-refractivity contribution in [2.75, 3.05) is 0 Å². The molecule has 0 spiro atoms. The first-order chi connectivity index (χ1) is 10.2. The van der Waals surface area contributed by atoms with Gasteiger partial charge in [-0.25, -0.2) is 0 Å². The molecule has 4 heteroatoms. The summed E-state index contributed by atoms with van der Waals surface area (Å²) in [4.78, 5) is 22.9. The first kappa shape index (κ1) is 15.6. The summed E-state index contributed by atoms with van der Waals surface area (Å²) in [5.41, 5.74) is 2.89. The van der Waals surface area contributed by atoms with Crippen molar-refractivity contribution in [1.82, 2.24) is 0 Å². The van der Waals surface area contributed by atoms with Crippen LogP contribution >= 0.6 is 0 Å². The van der Waals surface area contributed by atoms with Crippen LogP contribution in [-0.4, -0.2) is 24.1 Å². The predicted octanol–water partition coefficient (Wildman–Crippen LogP) is 3.25. The number of rotatable bonds is 2. The Morgan fingerprint density at radius 2 is 1.73 bits per heavy atom. The Morgan fingerprint density at radius 3 is 2.27 bits per heavy atom. The molecule has 0 aliphatic heterocycles. The molecule has 0 N–H and O–H groups in total. The van der Waals surface area contributed by atoms with E-state index in [2.05, 4.69) is 20.8 Å². The lowest BCUT2D eigenvalue weighted by Crippen LogP contribution is -2.56. The Labute approximate surface area is 132 Å². The van der Waals surface area contributed by atoms with Gasteiger partial charge in [0, 0.05) is 19.8 Å². The Bertz CT molecular complexity index is 545. The van der Waals surface area contributed by atoms with E-state index in [1.165, 1.54) is 25.0 Å². The topological polar surface area (TPSA) is 52.6 Å².